The number of hydrogen-bond donors (Lipinski definition) is 1. The topological polar surface area (TPSA) is 32.5 Å². The van der Waals surface area contributed by atoms with Crippen LogP contribution in [0, 0.1) is 5.41 Å². The SMILES string of the molecule is CC1CN2CCCC2CN1CC1(CCN)CC1. The van der Waals surface area contributed by atoms with Crippen molar-refractivity contribution in [2.45, 2.75) is 51.1 Å². The average molecular weight is 237 g/mol. The molecule has 98 valence electrons. The number of rotatable bonds is 4. The summed E-state index contributed by atoms with van der Waals surface area (Å²) in [5.41, 5.74) is 6.37. The summed E-state index contributed by atoms with van der Waals surface area (Å²) in [4.78, 5) is 5.47. The van der Waals surface area contributed by atoms with Crippen LogP contribution < -0.4 is 5.73 Å². The highest BCUT2D eigenvalue weighted by molar-refractivity contribution is 4.99. The summed E-state index contributed by atoms with van der Waals surface area (Å²) in [6.07, 6.45) is 6.92. The molecule has 2 saturated heterocycles. The van der Waals surface area contributed by atoms with Gasteiger partial charge in [-0.3, -0.25) is 9.80 Å². The van der Waals surface area contributed by atoms with E-state index in [4.69, 9.17) is 5.73 Å². The molecule has 0 spiro atoms. The lowest BCUT2D eigenvalue weighted by molar-refractivity contribution is 0.0437. The van der Waals surface area contributed by atoms with Gasteiger partial charge in [-0.05, 0) is 57.5 Å². The molecule has 0 bridgehead atoms. The monoisotopic (exact) mass is 237 g/mol. The van der Waals surface area contributed by atoms with Gasteiger partial charge in [-0.25, -0.2) is 0 Å². The van der Waals surface area contributed by atoms with Gasteiger partial charge >= 0.3 is 0 Å². The predicted molar refractivity (Wildman–Crippen MR) is 71.0 cm³/mol. The normalized spacial score (nSPS) is 37.1. The zero-order valence-electron chi connectivity index (χ0n) is 11.2. The molecule has 0 aromatic heterocycles. The Hall–Kier alpha value is -0.120. The number of fused-ring (bicyclic) bond motifs is 1. The molecule has 0 aromatic carbocycles. The van der Waals surface area contributed by atoms with Crippen LogP contribution in [0.15, 0.2) is 0 Å². The van der Waals surface area contributed by atoms with Crippen molar-refractivity contribution in [1.82, 2.24) is 9.80 Å². The van der Waals surface area contributed by atoms with Gasteiger partial charge in [0.25, 0.3) is 0 Å². The highest BCUT2D eigenvalue weighted by atomic mass is 15.3. The maximum Gasteiger partial charge on any atom is 0.0224 e. The zero-order valence-corrected chi connectivity index (χ0v) is 11.2. The highest BCUT2D eigenvalue weighted by Crippen LogP contribution is 2.49. The fourth-order valence-corrected chi connectivity index (χ4v) is 3.87. The first-order chi connectivity index (χ1) is 8.22. The first-order valence-corrected chi connectivity index (χ1v) is 7.41. The van der Waals surface area contributed by atoms with Gasteiger partial charge in [0.15, 0.2) is 0 Å². The van der Waals surface area contributed by atoms with Gasteiger partial charge in [0.05, 0.1) is 0 Å². The van der Waals surface area contributed by atoms with Crippen LogP contribution in [-0.4, -0.2) is 54.6 Å². The Kier molecular flexibility index (Phi) is 3.18. The molecule has 2 atom stereocenters. The molecule has 3 fully saturated rings. The lowest BCUT2D eigenvalue weighted by atomic mass is 9.99. The van der Waals surface area contributed by atoms with E-state index in [1.807, 2.05) is 0 Å². The molecule has 1 aliphatic carbocycles. The van der Waals surface area contributed by atoms with Crippen LogP contribution >= 0.6 is 0 Å². The van der Waals surface area contributed by atoms with Gasteiger partial charge in [0.1, 0.15) is 0 Å². The summed E-state index contributed by atoms with van der Waals surface area (Å²) < 4.78 is 0. The van der Waals surface area contributed by atoms with Crippen molar-refractivity contribution in [3.63, 3.8) is 0 Å². The molecule has 2 aliphatic heterocycles. The van der Waals surface area contributed by atoms with Gasteiger partial charge in [-0.15, -0.1) is 0 Å². The second-order valence-electron chi connectivity index (χ2n) is 6.61. The summed E-state index contributed by atoms with van der Waals surface area (Å²) in [7, 11) is 0. The van der Waals surface area contributed by atoms with Crippen molar-refractivity contribution in [2.24, 2.45) is 11.1 Å². The van der Waals surface area contributed by atoms with E-state index < -0.39 is 0 Å². The van der Waals surface area contributed by atoms with Crippen LogP contribution in [0.1, 0.15) is 39.0 Å². The Labute approximate surface area is 105 Å². The summed E-state index contributed by atoms with van der Waals surface area (Å²) in [6.45, 7) is 8.55. The molecule has 0 amide bonds. The zero-order chi connectivity index (χ0) is 11.9. The van der Waals surface area contributed by atoms with Crippen LogP contribution in [0.25, 0.3) is 0 Å². The van der Waals surface area contributed by atoms with E-state index in [1.165, 1.54) is 58.3 Å². The number of nitrogens with zero attached hydrogens (tertiary/aromatic N) is 2. The van der Waals surface area contributed by atoms with Crippen LogP contribution in [0.2, 0.25) is 0 Å². The maximum absolute atomic E-state index is 5.75. The molecule has 2 N–H and O–H groups in total. The van der Waals surface area contributed by atoms with Crippen molar-refractivity contribution in [2.75, 3.05) is 32.7 Å². The second-order valence-corrected chi connectivity index (χ2v) is 6.61. The Morgan fingerprint density at radius 2 is 2.12 bits per heavy atom. The minimum atomic E-state index is 0.615. The molecule has 3 nitrogen and oxygen atoms in total. The molecule has 2 unspecified atom stereocenters. The summed E-state index contributed by atoms with van der Waals surface area (Å²) in [5, 5.41) is 0. The Balaban J connectivity index is 1.59. The van der Waals surface area contributed by atoms with Gasteiger partial charge in [0, 0.05) is 31.7 Å². The molecule has 2 heterocycles. The standard InChI is InChI=1S/C14H27N3/c1-12-9-16-8-2-3-13(16)10-17(12)11-14(4-5-14)6-7-15/h12-13H,2-11,15H2,1H3. The van der Waals surface area contributed by atoms with E-state index in [1.54, 1.807) is 0 Å². The Morgan fingerprint density at radius 3 is 2.82 bits per heavy atom. The van der Waals surface area contributed by atoms with Crippen molar-refractivity contribution in [3.8, 4) is 0 Å². The smallest absolute Gasteiger partial charge is 0.0224 e. The first kappa shape index (κ1) is 11.9. The van der Waals surface area contributed by atoms with Crippen molar-refractivity contribution in [3.05, 3.63) is 0 Å². The minimum absolute atomic E-state index is 0.615. The Bertz CT molecular complexity index is 275. The third-order valence-corrected chi connectivity index (χ3v) is 5.24. The molecule has 3 aliphatic rings. The highest BCUT2D eigenvalue weighted by Gasteiger charge is 2.45. The van der Waals surface area contributed by atoms with Gasteiger partial charge in [0.2, 0.25) is 0 Å². The summed E-state index contributed by atoms with van der Waals surface area (Å²) in [6, 6.07) is 1.61. The minimum Gasteiger partial charge on any atom is -0.330 e. The lowest BCUT2D eigenvalue weighted by Crippen LogP contribution is -2.56. The number of nitrogens with two attached hydrogens (primary N) is 1. The van der Waals surface area contributed by atoms with Crippen LogP contribution in [0.5, 0.6) is 0 Å². The van der Waals surface area contributed by atoms with Gasteiger partial charge in [-0.2, -0.15) is 0 Å². The summed E-state index contributed by atoms with van der Waals surface area (Å²) >= 11 is 0. The van der Waals surface area contributed by atoms with Crippen molar-refractivity contribution in [1.29, 1.82) is 0 Å². The van der Waals surface area contributed by atoms with E-state index in [2.05, 4.69) is 16.7 Å². The van der Waals surface area contributed by atoms with Crippen LogP contribution in [0.3, 0.4) is 0 Å². The summed E-state index contributed by atoms with van der Waals surface area (Å²) in [5.74, 6) is 0. The fraction of sp³-hybridized carbons (Fsp3) is 1.00. The quantitative estimate of drug-likeness (QED) is 0.799. The average Bonchev–Trinajstić information content (AvgIpc) is 2.89. The van der Waals surface area contributed by atoms with Crippen molar-refractivity contribution >= 4 is 0 Å². The number of piperazine rings is 1. The fourth-order valence-electron chi connectivity index (χ4n) is 3.87. The van der Waals surface area contributed by atoms with E-state index in [9.17, 15) is 0 Å². The maximum atomic E-state index is 5.75. The third-order valence-electron chi connectivity index (χ3n) is 5.24. The molecule has 0 aromatic rings. The van der Waals surface area contributed by atoms with E-state index >= 15 is 0 Å². The molecular weight excluding hydrogens is 210 g/mol. The molecule has 1 saturated carbocycles. The second kappa shape index (κ2) is 4.52. The van der Waals surface area contributed by atoms with Gasteiger partial charge in [-0.1, -0.05) is 0 Å². The third kappa shape index (κ3) is 2.38. The predicted octanol–water partition coefficient (Wildman–Crippen LogP) is 1.28. The largest absolute Gasteiger partial charge is 0.330 e. The molecule has 17 heavy (non-hydrogen) atoms. The van der Waals surface area contributed by atoms with Crippen LogP contribution in [-0.2, 0) is 0 Å². The molecular formula is C14H27N3. The number of hydrogen-bond acceptors (Lipinski definition) is 3. The van der Waals surface area contributed by atoms with E-state index in [0.29, 0.717) is 5.41 Å². The Morgan fingerprint density at radius 1 is 1.29 bits per heavy atom. The first-order valence-electron chi connectivity index (χ1n) is 7.41. The molecule has 0 radical (unpaired) electrons. The van der Waals surface area contributed by atoms with E-state index in [-0.39, 0.29) is 0 Å². The lowest BCUT2D eigenvalue weighted by Gasteiger charge is -2.43. The molecule has 3 heteroatoms. The van der Waals surface area contributed by atoms with Crippen molar-refractivity contribution < 1.29 is 0 Å². The van der Waals surface area contributed by atoms with Gasteiger partial charge < -0.3 is 5.73 Å². The van der Waals surface area contributed by atoms with Crippen LogP contribution in [0.4, 0.5) is 0 Å². The van der Waals surface area contributed by atoms with E-state index in [0.717, 1.165) is 18.6 Å². The molecule has 3 rings (SSSR count).